The van der Waals surface area contributed by atoms with Crippen molar-refractivity contribution in [3.05, 3.63) is 23.3 Å². The lowest BCUT2D eigenvalue weighted by Crippen LogP contribution is -2.80. The van der Waals surface area contributed by atoms with E-state index in [0.29, 0.717) is 5.75 Å². The summed E-state index contributed by atoms with van der Waals surface area (Å²) >= 11 is 0. The fourth-order valence-corrected chi connectivity index (χ4v) is 7.96. The van der Waals surface area contributed by atoms with Crippen molar-refractivity contribution < 1.29 is 14.9 Å². The molecule has 4 fully saturated rings. The molecule has 2 spiro atoms. The molecule has 2 aliphatic heterocycles. The van der Waals surface area contributed by atoms with Gasteiger partial charge in [0.1, 0.15) is 6.10 Å². The molecule has 2 bridgehead atoms. The average molecular weight is 383 g/mol. The number of ether oxygens (including phenoxy) is 1. The first kappa shape index (κ1) is 16.5. The van der Waals surface area contributed by atoms with E-state index in [1.165, 1.54) is 18.4 Å². The maximum Gasteiger partial charge on any atom is 0.165 e. The van der Waals surface area contributed by atoms with E-state index in [9.17, 15) is 10.2 Å². The van der Waals surface area contributed by atoms with E-state index in [1.54, 1.807) is 6.07 Å². The van der Waals surface area contributed by atoms with Crippen LogP contribution in [0.25, 0.3) is 0 Å². The highest BCUT2D eigenvalue weighted by Crippen LogP contribution is 2.71. The summed E-state index contributed by atoms with van der Waals surface area (Å²) in [5, 5.41) is 23.0. The molecule has 0 unspecified atom stereocenters. The third kappa shape index (κ3) is 1.61. The molecule has 28 heavy (non-hydrogen) atoms. The van der Waals surface area contributed by atoms with Gasteiger partial charge in [0.2, 0.25) is 0 Å². The number of hydrogen-bond acceptors (Lipinski definition) is 5. The summed E-state index contributed by atoms with van der Waals surface area (Å²) in [4.78, 5) is 2.59. The predicted octanol–water partition coefficient (Wildman–Crippen LogP) is 2.06. The summed E-state index contributed by atoms with van der Waals surface area (Å²) < 4.78 is 6.62. The first-order valence-electron chi connectivity index (χ1n) is 11.2. The van der Waals surface area contributed by atoms with Crippen LogP contribution in [0.2, 0.25) is 0 Å². The molecule has 1 saturated heterocycles. The topological polar surface area (TPSA) is 79.0 Å². The second-order valence-electron chi connectivity index (χ2n) is 10.6. The van der Waals surface area contributed by atoms with Gasteiger partial charge in [-0.2, -0.15) is 0 Å². The highest BCUT2D eigenvalue weighted by Gasteiger charge is 2.77. The summed E-state index contributed by atoms with van der Waals surface area (Å²) in [6.45, 7) is 2.14. The zero-order valence-electron chi connectivity index (χ0n) is 16.4. The highest BCUT2D eigenvalue weighted by atomic mass is 16.5. The summed E-state index contributed by atoms with van der Waals surface area (Å²) in [5.41, 5.74) is 7.76. The maximum absolute atomic E-state index is 12.4. The Labute approximate surface area is 165 Å². The molecule has 2 heterocycles. The van der Waals surface area contributed by atoms with Crippen molar-refractivity contribution in [2.45, 2.75) is 80.6 Å². The Kier molecular flexibility index (Phi) is 2.87. The Morgan fingerprint density at radius 1 is 1.14 bits per heavy atom. The van der Waals surface area contributed by atoms with Crippen LogP contribution < -0.4 is 10.5 Å². The van der Waals surface area contributed by atoms with Gasteiger partial charge in [-0.05, 0) is 75.5 Å². The molecule has 0 amide bonds. The van der Waals surface area contributed by atoms with E-state index in [0.717, 1.165) is 63.1 Å². The lowest BCUT2D eigenvalue weighted by molar-refractivity contribution is -0.233. The van der Waals surface area contributed by atoms with Crippen molar-refractivity contribution in [1.29, 1.82) is 0 Å². The first-order chi connectivity index (χ1) is 13.5. The SMILES string of the molecule is N[C@H]1CC[C@]12CC[C@@]1(O)[C@H]3Cc4ccc(O)c5c4[C@@]1(CCN3CC1CC1)[C@H]2O5. The number of hydrogen-bond donors (Lipinski definition) is 3. The number of aliphatic hydroxyl groups is 1. The summed E-state index contributed by atoms with van der Waals surface area (Å²) in [7, 11) is 0. The molecular formula is C23H30N2O3. The van der Waals surface area contributed by atoms with Crippen LogP contribution in [0.4, 0.5) is 0 Å². The van der Waals surface area contributed by atoms with Crippen molar-refractivity contribution in [1.82, 2.24) is 4.90 Å². The molecule has 5 heteroatoms. The van der Waals surface area contributed by atoms with Gasteiger partial charge in [-0.25, -0.2) is 0 Å². The molecule has 7 rings (SSSR count). The Balaban J connectivity index is 1.45. The number of rotatable bonds is 2. The third-order valence-electron chi connectivity index (χ3n) is 9.67. The normalized spacial score (nSPS) is 48.1. The lowest BCUT2D eigenvalue weighted by Gasteiger charge is -2.69. The van der Waals surface area contributed by atoms with Crippen LogP contribution in [0.1, 0.15) is 56.1 Å². The Morgan fingerprint density at radius 3 is 2.71 bits per heavy atom. The van der Waals surface area contributed by atoms with Crippen LogP contribution in [0, 0.1) is 11.3 Å². The van der Waals surface area contributed by atoms with Crippen LogP contribution in [0.15, 0.2) is 12.1 Å². The van der Waals surface area contributed by atoms with Crippen molar-refractivity contribution in [3.63, 3.8) is 0 Å². The van der Waals surface area contributed by atoms with Crippen molar-refractivity contribution in [2.24, 2.45) is 17.1 Å². The Hall–Kier alpha value is -1.30. The molecule has 150 valence electrons. The molecule has 5 nitrogen and oxygen atoms in total. The number of benzene rings is 1. The first-order valence-corrected chi connectivity index (χ1v) is 11.2. The molecule has 0 aromatic heterocycles. The van der Waals surface area contributed by atoms with Crippen molar-refractivity contribution in [2.75, 3.05) is 13.1 Å². The number of likely N-dealkylation sites (tertiary alicyclic amines) is 1. The molecule has 1 aromatic rings. The molecule has 6 atom stereocenters. The molecule has 3 saturated carbocycles. The maximum atomic E-state index is 12.4. The van der Waals surface area contributed by atoms with E-state index < -0.39 is 11.0 Å². The van der Waals surface area contributed by atoms with Gasteiger partial charge in [-0.15, -0.1) is 0 Å². The Morgan fingerprint density at radius 2 is 2.00 bits per heavy atom. The minimum absolute atomic E-state index is 0.0461. The second kappa shape index (κ2) is 4.88. The summed E-state index contributed by atoms with van der Waals surface area (Å²) in [5.74, 6) is 1.70. The lowest BCUT2D eigenvalue weighted by atomic mass is 9.40. The van der Waals surface area contributed by atoms with E-state index in [-0.39, 0.29) is 29.4 Å². The molecular weight excluding hydrogens is 352 g/mol. The van der Waals surface area contributed by atoms with Gasteiger partial charge < -0.3 is 20.7 Å². The smallest absolute Gasteiger partial charge is 0.165 e. The second-order valence-corrected chi connectivity index (χ2v) is 10.6. The van der Waals surface area contributed by atoms with E-state index in [2.05, 4.69) is 11.0 Å². The van der Waals surface area contributed by atoms with Gasteiger partial charge in [0.15, 0.2) is 11.5 Å². The highest BCUT2D eigenvalue weighted by molar-refractivity contribution is 5.63. The zero-order chi connectivity index (χ0) is 18.9. The standard InChI is InChI=1S/C23H30N2O3/c24-16-5-6-21(16)7-8-23(27)17-11-14-3-4-15(26)19-18(14)22(23,20(21)28-19)9-10-25(17)12-13-1-2-13/h3-4,13,16-17,20,26-27H,1-2,5-12,24H2/t16-,17+,20-,21-,22-,23+/m0/s1. The fourth-order valence-electron chi connectivity index (χ4n) is 7.96. The largest absolute Gasteiger partial charge is 0.504 e. The van der Waals surface area contributed by atoms with Gasteiger partial charge in [0, 0.05) is 29.6 Å². The number of phenolic OH excluding ortho intramolecular Hbond substituents is 1. The van der Waals surface area contributed by atoms with Crippen LogP contribution in [0.5, 0.6) is 11.5 Å². The quantitative estimate of drug-likeness (QED) is 0.730. The van der Waals surface area contributed by atoms with Crippen LogP contribution in [-0.4, -0.2) is 52.0 Å². The molecule has 0 radical (unpaired) electrons. The van der Waals surface area contributed by atoms with E-state index in [1.807, 2.05) is 0 Å². The van der Waals surface area contributed by atoms with Gasteiger partial charge >= 0.3 is 0 Å². The van der Waals surface area contributed by atoms with Gasteiger partial charge in [-0.1, -0.05) is 6.07 Å². The molecule has 4 N–H and O–H groups in total. The van der Waals surface area contributed by atoms with Crippen molar-refractivity contribution in [3.8, 4) is 11.5 Å². The number of aromatic hydroxyl groups is 1. The number of nitrogens with two attached hydrogens (primary N) is 1. The van der Waals surface area contributed by atoms with Gasteiger partial charge in [0.25, 0.3) is 0 Å². The number of piperidine rings is 1. The monoisotopic (exact) mass is 382 g/mol. The third-order valence-corrected chi connectivity index (χ3v) is 9.67. The van der Waals surface area contributed by atoms with Crippen LogP contribution in [-0.2, 0) is 11.8 Å². The number of nitrogens with zero attached hydrogens (tertiary/aromatic N) is 1. The Bertz CT molecular complexity index is 885. The summed E-state index contributed by atoms with van der Waals surface area (Å²) in [6, 6.07) is 4.17. The van der Waals surface area contributed by atoms with Crippen LogP contribution >= 0.6 is 0 Å². The minimum atomic E-state index is -0.780. The van der Waals surface area contributed by atoms with E-state index >= 15 is 0 Å². The number of fused-ring (bicyclic) bond motifs is 1. The summed E-state index contributed by atoms with van der Waals surface area (Å²) in [6.07, 6.45) is 8.22. The van der Waals surface area contributed by atoms with Gasteiger partial charge in [0.05, 0.1) is 11.0 Å². The van der Waals surface area contributed by atoms with Crippen LogP contribution in [0.3, 0.4) is 0 Å². The molecule has 1 aromatic carbocycles. The van der Waals surface area contributed by atoms with Crippen molar-refractivity contribution >= 4 is 0 Å². The molecule has 6 aliphatic rings. The zero-order valence-corrected chi connectivity index (χ0v) is 16.4. The van der Waals surface area contributed by atoms with Gasteiger partial charge in [-0.3, -0.25) is 4.90 Å². The number of phenols is 1. The average Bonchev–Trinajstić information content (AvgIpc) is 3.42. The minimum Gasteiger partial charge on any atom is -0.504 e. The van der Waals surface area contributed by atoms with E-state index in [4.69, 9.17) is 10.5 Å². The molecule has 4 aliphatic carbocycles. The fraction of sp³-hybridized carbons (Fsp3) is 0.739. The predicted molar refractivity (Wildman–Crippen MR) is 104 cm³/mol.